The summed E-state index contributed by atoms with van der Waals surface area (Å²) < 4.78 is 0. The molecule has 15 heavy (non-hydrogen) atoms. The molecule has 2 heterocycles. The summed E-state index contributed by atoms with van der Waals surface area (Å²) in [7, 11) is 0. The third kappa shape index (κ3) is 2.16. The number of hydrogen-bond acceptors (Lipinski definition) is 3. The Morgan fingerprint density at radius 3 is 3.00 bits per heavy atom. The predicted octanol–water partition coefficient (Wildman–Crippen LogP) is 0.533. The molecule has 0 aromatic heterocycles. The Morgan fingerprint density at radius 1 is 1.60 bits per heavy atom. The van der Waals surface area contributed by atoms with E-state index in [1.165, 1.54) is 12.8 Å². The zero-order valence-corrected chi connectivity index (χ0v) is 9.28. The van der Waals surface area contributed by atoms with Gasteiger partial charge in [-0.1, -0.05) is 6.92 Å². The maximum atomic E-state index is 11.1. The van der Waals surface area contributed by atoms with Gasteiger partial charge in [-0.2, -0.15) is 0 Å². The summed E-state index contributed by atoms with van der Waals surface area (Å²) >= 11 is 0. The highest BCUT2D eigenvalue weighted by molar-refractivity contribution is 5.73. The standard InChI is InChI=1S/C11H20N2O2/c1-2-10(11(14)15)13-6-8-4-3-5-12-9(8)7-13/h8-10,12H,2-7H2,1H3,(H,14,15)/t8-,9+,10?/m0/s1. The molecule has 0 aromatic rings. The SMILES string of the molecule is CCC(C(=O)O)N1C[C@@H]2CCCN[C@@H]2C1. The largest absolute Gasteiger partial charge is 0.480 e. The van der Waals surface area contributed by atoms with Crippen molar-refractivity contribution >= 4 is 5.97 Å². The average molecular weight is 212 g/mol. The van der Waals surface area contributed by atoms with Crippen LogP contribution in [0.5, 0.6) is 0 Å². The van der Waals surface area contributed by atoms with Gasteiger partial charge in [0.15, 0.2) is 0 Å². The maximum absolute atomic E-state index is 11.1. The minimum absolute atomic E-state index is 0.280. The second-order valence-electron chi connectivity index (χ2n) is 4.68. The number of piperidine rings is 1. The molecule has 3 atom stereocenters. The van der Waals surface area contributed by atoms with Gasteiger partial charge in [0, 0.05) is 19.1 Å². The molecule has 2 rings (SSSR count). The van der Waals surface area contributed by atoms with E-state index in [1.54, 1.807) is 0 Å². The van der Waals surface area contributed by atoms with E-state index < -0.39 is 5.97 Å². The number of carbonyl (C=O) groups is 1. The molecule has 1 unspecified atom stereocenters. The van der Waals surface area contributed by atoms with Crippen LogP contribution in [-0.4, -0.2) is 47.7 Å². The topological polar surface area (TPSA) is 52.6 Å². The molecule has 0 aliphatic carbocycles. The Hall–Kier alpha value is -0.610. The fraction of sp³-hybridized carbons (Fsp3) is 0.909. The number of nitrogens with zero attached hydrogens (tertiary/aromatic N) is 1. The zero-order valence-electron chi connectivity index (χ0n) is 9.28. The van der Waals surface area contributed by atoms with E-state index in [-0.39, 0.29) is 6.04 Å². The van der Waals surface area contributed by atoms with Gasteiger partial charge in [-0.25, -0.2) is 0 Å². The highest BCUT2D eigenvalue weighted by Crippen LogP contribution is 2.26. The first kappa shape index (κ1) is 10.9. The molecule has 0 saturated carbocycles. The van der Waals surface area contributed by atoms with E-state index in [9.17, 15) is 4.79 Å². The van der Waals surface area contributed by atoms with E-state index in [4.69, 9.17) is 5.11 Å². The maximum Gasteiger partial charge on any atom is 0.320 e. The number of aliphatic carboxylic acids is 1. The van der Waals surface area contributed by atoms with Crippen LogP contribution in [-0.2, 0) is 4.79 Å². The molecule has 2 fully saturated rings. The van der Waals surface area contributed by atoms with Crippen molar-refractivity contribution in [3.8, 4) is 0 Å². The summed E-state index contributed by atoms with van der Waals surface area (Å²) in [6.45, 7) is 4.92. The summed E-state index contributed by atoms with van der Waals surface area (Å²) in [4.78, 5) is 13.2. The molecule has 2 saturated heterocycles. The number of carboxylic acid groups (broad SMARTS) is 1. The van der Waals surface area contributed by atoms with Gasteiger partial charge < -0.3 is 10.4 Å². The predicted molar refractivity (Wildman–Crippen MR) is 57.8 cm³/mol. The minimum Gasteiger partial charge on any atom is -0.480 e. The second-order valence-corrected chi connectivity index (χ2v) is 4.68. The van der Waals surface area contributed by atoms with E-state index in [0.717, 1.165) is 19.6 Å². The lowest BCUT2D eigenvalue weighted by Gasteiger charge is -2.24. The van der Waals surface area contributed by atoms with Gasteiger partial charge in [0.05, 0.1) is 0 Å². The van der Waals surface area contributed by atoms with Crippen molar-refractivity contribution in [2.75, 3.05) is 19.6 Å². The number of nitrogens with one attached hydrogen (secondary N) is 1. The average Bonchev–Trinajstić information content (AvgIpc) is 2.61. The normalized spacial score (nSPS) is 33.7. The van der Waals surface area contributed by atoms with Crippen molar-refractivity contribution in [3.63, 3.8) is 0 Å². The Labute approximate surface area is 90.6 Å². The quantitative estimate of drug-likeness (QED) is 0.716. The second kappa shape index (κ2) is 4.49. The van der Waals surface area contributed by atoms with E-state index in [0.29, 0.717) is 18.4 Å². The van der Waals surface area contributed by atoms with Crippen LogP contribution >= 0.6 is 0 Å². The van der Waals surface area contributed by atoms with E-state index >= 15 is 0 Å². The molecule has 2 aliphatic rings. The van der Waals surface area contributed by atoms with Crippen LogP contribution in [0.25, 0.3) is 0 Å². The van der Waals surface area contributed by atoms with Crippen LogP contribution in [0.15, 0.2) is 0 Å². The summed E-state index contributed by atoms with van der Waals surface area (Å²) in [5.41, 5.74) is 0. The third-order valence-corrected chi connectivity index (χ3v) is 3.74. The first-order chi connectivity index (χ1) is 7.22. The zero-order chi connectivity index (χ0) is 10.8. The molecule has 0 radical (unpaired) electrons. The van der Waals surface area contributed by atoms with E-state index in [1.807, 2.05) is 6.92 Å². The molecule has 2 aliphatic heterocycles. The Kier molecular flexibility index (Phi) is 3.26. The number of likely N-dealkylation sites (tertiary alicyclic amines) is 1. The summed E-state index contributed by atoms with van der Waals surface area (Å²) in [6.07, 6.45) is 3.19. The van der Waals surface area contributed by atoms with Crippen LogP contribution in [0.2, 0.25) is 0 Å². The summed E-state index contributed by atoms with van der Waals surface area (Å²) in [5.74, 6) is 0.00305. The lowest BCUT2D eigenvalue weighted by atomic mass is 9.94. The van der Waals surface area contributed by atoms with E-state index in [2.05, 4.69) is 10.2 Å². The molecule has 2 N–H and O–H groups in total. The van der Waals surface area contributed by atoms with Gasteiger partial charge in [-0.15, -0.1) is 0 Å². The molecule has 0 aromatic carbocycles. The van der Waals surface area contributed by atoms with Crippen molar-refractivity contribution in [3.05, 3.63) is 0 Å². The molecule has 0 amide bonds. The molecule has 4 nitrogen and oxygen atoms in total. The van der Waals surface area contributed by atoms with Gasteiger partial charge >= 0.3 is 5.97 Å². The van der Waals surface area contributed by atoms with Crippen LogP contribution in [0.4, 0.5) is 0 Å². The van der Waals surface area contributed by atoms with Gasteiger partial charge in [-0.05, 0) is 31.7 Å². The van der Waals surface area contributed by atoms with Gasteiger partial charge in [0.1, 0.15) is 6.04 Å². The van der Waals surface area contributed by atoms with Crippen LogP contribution in [0.1, 0.15) is 26.2 Å². The summed E-state index contributed by atoms with van der Waals surface area (Å²) in [6, 6.07) is 0.254. The molecule has 0 spiro atoms. The van der Waals surface area contributed by atoms with Crippen molar-refractivity contribution in [1.29, 1.82) is 0 Å². The van der Waals surface area contributed by atoms with Crippen molar-refractivity contribution in [2.45, 2.75) is 38.3 Å². The van der Waals surface area contributed by atoms with Crippen LogP contribution < -0.4 is 5.32 Å². The fourth-order valence-corrected chi connectivity index (χ4v) is 2.92. The van der Waals surface area contributed by atoms with Crippen molar-refractivity contribution in [2.24, 2.45) is 5.92 Å². The van der Waals surface area contributed by atoms with Gasteiger partial charge in [-0.3, -0.25) is 9.69 Å². The van der Waals surface area contributed by atoms with Crippen molar-refractivity contribution in [1.82, 2.24) is 10.2 Å². The highest BCUT2D eigenvalue weighted by Gasteiger charge is 2.38. The van der Waals surface area contributed by atoms with Gasteiger partial charge in [0.2, 0.25) is 0 Å². The smallest absolute Gasteiger partial charge is 0.320 e. The number of rotatable bonds is 3. The lowest BCUT2D eigenvalue weighted by molar-refractivity contribution is -0.143. The Morgan fingerprint density at radius 2 is 2.40 bits per heavy atom. The van der Waals surface area contributed by atoms with Crippen LogP contribution in [0, 0.1) is 5.92 Å². The third-order valence-electron chi connectivity index (χ3n) is 3.74. The minimum atomic E-state index is -0.670. The molecule has 86 valence electrons. The summed E-state index contributed by atoms with van der Waals surface area (Å²) in [5, 5.41) is 12.6. The fourth-order valence-electron chi connectivity index (χ4n) is 2.92. The monoisotopic (exact) mass is 212 g/mol. The Bertz CT molecular complexity index is 231. The first-order valence-corrected chi connectivity index (χ1v) is 5.92. The Balaban J connectivity index is 1.98. The van der Waals surface area contributed by atoms with Crippen molar-refractivity contribution < 1.29 is 9.90 Å². The lowest BCUT2D eigenvalue weighted by Crippen LogP contribution is -2.42. The molecular weight excluding hydrogens is 192 g/mol. The number of hydrogen-bond donors (Lipinski definition) is 2. The van der Waals surface area contributed by atoms with Gasteiger partial charge in [0.25, 0.3) is 0 Å². The van der Waals surface area contributed by atoms with Crippen LogP contribution in [0.3, 0.4) is 0 Å². The highest BCUT2D eigenvalue weighted by atomic mass is 16.4. The number of carboxylic acids is 1. The molecular formula is C11H20N2O2. The first-order valence-electron chi connectivity index (χ1n) is 5.92. The molecule has 0 bridgehead atoms. The molecule has 4 heteroatoms. The number of fused-ring (bicyclic) bond motifs is 1.